The smallest absolute Gasteiger partial charge is 0.191 e. The Morgan fingerprint density at radius 3 is 3.00 bits per heavy atom. The van der Waals surface area contributed by atoms with Crippen LogP contribution in [0.4, 0.5) is 4.39 Å². The Balaban J connectivity index is 1.86. The number of piperidine rings is 1. The number of aliphatic imine (C=N–C) groups is 1. The lowest BCUT2D eigenvalue weighted by Crippen LogP contribution is -2.43. The maximum atomic E-state index is 13.5. The van der Waals surface area contributed by atoms with Crippen molar-refractivity contribution in [3.8, 4) is 5.75 Å². The Bertz CT molecular complexity index is 492. The normalized spacial score (nSPS) is 21.2. The van der Waals surface area contributed by atoms with Crippen LogP contribution in [-0.2, 0) is 0 Å². The predicted molar refractivity (Wildman–Crippen MR) is 83.0 cm³/mol. The molecule has 2 atom stereocenters. The predicted octanol–water partition coefficient (Wildman–Crippen LogP) is 2.64. The molecule has 1 heterocycles. The van der Waals surface area contributed by atoms with Gasteiger partial charge in [-0.25, -0.2) is 9.38 Å². The highest BCUT2D eigenvalue weighted by atomic mass is 19.1. The minimum Gasteiger partial charge on any atom is -0.486 e. The third kappa shape index (κ3) is 4.62. The molecule has 1 aromatic carbocycles. The van der Waals surface area contributed by atoms with Crippen LogP contribution in [-0.4, -0.2) is 36.6 Å². The fraction of sp³-hybridized carbons (Fsp3) is 0.562. The van der Waals surface area contributed by atoms with Crippen LogP contribution in [0.5, 0.6) is 5.75 Å². The van der Waals surface area contributed by atoms with Gasteiger partial charge >= 0.3 is 0 Å². The average molecular weight is 293 g/mol. The zero-order valence-corrected chi connectivity index (χ0v) is 12.8. The van der Waals surface area contributed by atoms with Crippen molar-refractivity contribution < 1.29 is 9.13 Å². The van der Waals surface area contributed by atoms with Gasteiger partial charge in [-0.2, -0.15) is 0 Å². The number of guanidine groups is 1. The summed E-state index contributed by atoms with van der Waals surface area (Å²) in [7, 11) is 0. The Labute approximate surface area is 125 Å². The summed E-state index contributed by atoms with van der Waals surface area (Å²) >= 11 is 0. The third-order valence-electron chi connectivity index (χ3n) is 3.66. The van der Waals surface area contributed by atoms with Gasteiger partial charge in [0.25, 0.3) is 0 Å². The molecule has 1 aliphatic rings. The molecule has 1 saturated heterocycles. The number of nitrogens with two attached hydrogens (primary N) is 1. The van der Waals surface area contributed by atoms with Crippen LogP contribution in [0.3, 0.4) is 0 Å². The van der Waals surface area contributed by atoms with Crippen LogP contribution >= 0.6 is 0 Å². The molecule has 0 amide bonds. The van der Waals surface area contributed by atoms with E-state index >= 15 is 0 Å². The Morgan fingerprint density at radius 2 is 2.29 bits per heavy atom. The standard InChI is InChI=1S/C16H24FN3O/c1-12-6-5-9-20(11-12)16(18)19-10-13(2)21-15-8-4-3-7-14(15)17/h3-4,7-8,12-13H,5-6,9-11H2,1-2H3,(H2,18,19). The largest absolute Gasteiger partial charge is 0.486 e. The van der Waals surface area contributed by atoms with E-state index in [-0.39, 0.29) is 17.7 Å². The van der Waals surface area contributed by atoms with Gasteiger partial charge < -0.3 is 15.4 Å². The quantitative estimate of drug-likeness (QED) is 0.686. The van der Waals surface area contributed by atoms with Gasteiger partial charge in [0.1, 0.15) is 6.10 Å². The van der Waals surface area contributed by atoms with E-state index in [0.29, 0.717) is 18.4 Å². The second kappa shape index (κ2) is 7.29. The van der Waals surface area contributed by atoms with Crippen molar-refractivity contribution in [1.29, 1.82) is 0 Å². The first-order valence-electron chi connectivity index (χ1n) is 7.52. The van der Waals surface area contributed by atoms with Crippen molar-refractivity contribution in [2.45, 2.75) is 32.8 Å². The van der Waals surface area contributed by atoms with Gasteiger partial charge in [-0.3, -0.25) is 0 Å². The van der Waals surface area contributed by atoms with Crippen molar-refractivity contribution >= 4 is 5.96 Å². The van der Waals surface area contributed by atoms with Crippen molar-refractivity contribution in [3.63, 3.8) is 0 Å². The molecular formula is C16H24FN3O. The van der Waals surface area contributed by atoms with Gasteiger partial charge in [0.05, 0.1) is 6.54 Å². The molecule has 0 bridgehead atoms. The molecule has 0 radical (unpaired) electrons. The van der Waals surface area contributed by atoms with Gasteiger partial charge in [0.2, 0.25) is 0 Å². The molecule has 2 unspecified atom stereocenters. The number of rotatable bonds is 4. The van der Waals surface area contributed by atoms with E-state index in [4.69, 9.17) is 10.5 Å². The fourth-order valence-corrected chi connectivity index (χ4v) is 2.51. The number of nitrogens with zero attached hydrogens (tertiary/aromatic N) is 2. The molecule has 0 saturated carbocycles. The molecule has 1 fully saturated rings. The van der Waals surface area contributed by atoms with Crippen molar-refractivity contribution in [3.05, 3.63) is 30.1 Å². The van der Waals surface area contributed by atoms with Crippen LogP contribution in [0.15, 0.2) is 29.3 Å². The van der Waals surface area contributed by atoms with E-state index in [2.05, 4.69) is 16.8 Å². The lowest BCUT2D eigenvalue weighted by atomic mass is 10.0. The van der Waals surface area contributed by atoms with Crippen molar-refractivity contribution in [1.82, 2.24) is 4.90 Å². The minimum atomic E-state index is -0.355. The van der Waals surface area contributed by atoms with Gasteiger partial charge in [0.15, 0.2) is 17.5 Å². The average Bonchev–Trinajstić information content (AvgIpc) is 2.47. The Morgan fingerprint density at radius 1 is 1.52 bits per heavy atom. The molecule has 2 N–H and O–H groups in total. The molecule has 2 rings (SSSR count). The molecular weight excluding hydrogens is 269 g/mol. The number of benzene rings is 1. The maximum absolute atomic E-state index is 13.5. The summed E-state index contributed by atoms with van der Waals surface area (Å²) < 4.78 is 19.0. The summed E-state index contributed by atoms with van der Waals surface area (Å²) in [5.74, 6) is 1.11. The first-order chi connectivity index (χ1) is 10.1. The van der Waals surface area contributed by atoms with E-state index in [1.165, 1.54) is 12.5 Å². The SMILES string of the molecule is CC1CCCN(C(N)=NCC(C)Oc2ccccc2F)C1. The van der Waals surface area contributed by atoms with Crippen LogP contribution in [0.2, 0.25) is 0 Å². The summed E-state index contributed by atoms with van der Waals surface area (Å²) in [4.78, 5) is 6.50. The highest BCUT2D eigenvalue weighted by Crippen LogP contribution is 2.17. The second-order valence-corrected chi connectivity index (χ2v) is 5.75. The number of para-hydroxylation sites is 1. The molecule has 1 aromatic rings. The lowest BCUT2D eigenvalue weighted by Gasteiger charge is -2.31. The van der Waals surface area contributed by atoms with Crippen LogP contribution in [0.25, 0.3) is 0 Å². The Hall–Kier alpha value is -1.78. The van der Waals surface area contributed by atoms with E-state index in [9.17, 15) is 4.39 Å². The third-order valence-corrected chi connectivity index (χ3v) is 3.66. The lowest BCUT2D eigenvalue weighted by molar-refractivity contribution is 0.218. The molecule has 4 nitrogen and oxygen atoms in total. The van der Waals surface area contributed by atoms with Crippen molar-refractivity contribution in [2.75, 3.05) is 19.6 Å². The monoisotopic (exact) mass is 293 g/mol. The summed E-state index contributed by atoms with van der Waals surface area (Å²) in [5, 5.41) is 0. The van der Waals surface area contributed by atoms with Gasteiger partial charge in [-0.15, -0.1) is 0 Å². The van der Waals surface area contributed by atoms with Crippen LogP contribution < -0.4 is 10.5 Å². The zero-order chi connectivity index (χ0) is 15.2. The van der Waals surface area contributed by atoms with E-state index < -0.39 is 0 Å². The summed E-state index contributed by atoms with van der Waals surface area (Å²) in [6, 6.07) is 6.39. The molecule has 21 heavy (non-hydrogen) atoms. The molecule has 0 aliphatic carbocycles. The second-order valence-electron chi connectivity index (χ2n) is 5.75. The van der Waals surface area contributed by atoms with E-state index in [0.717, 1.165) is 19.5 Å². The number of ether oxygens (including phenoxy) is 1. The molecule has 1 aliphatic heterocycles. The maximum Gasteiger partial charge on any atom is 0.191 e. The topological polar surface area (TPSA) is 50.8 Å². The molecule has 116 valence electrons. The number of likely N-dealkylation sites (tertiary alicyclic amines) is 1. The number of halogens is 1. The molecule has 0 aromatic heterocycles. The van der Waals surface area contributed by atoms with Gasteiger partial charge in [0, 0.05) is 13.1 Å². The first-order valence-corrected chi connectivity index (χ1v) is 7.52. The zero-order valence-electron chi connectivity index (χ0n) is 12.8. The van der Waals surface area contributed by atoms with Crippen LogP contribution in [0, 0.1) is 11.7 Å². The highest BCUT2D eigenvalue weighted by Gasteiger charge is 2.17. The fourth-order valence-electron chi connectivity index (χ4n) is 2.51. The molecule has 0 spiro atoms. The summed E-state index contributed by atoms with van der Waals surface area (Å²) in [6.45, 7) is 6.43. The van der Waals surface area contributed by atoms with Crippen LogP contribution in [0.1, 0.15) is 26.7 Å². The Kier molecular flexibility index (Phi) is 5.42. The molecule has 5 heteroatoms. The number of hydrogen-bond donors (Lipinski definition) is 1. The van der Waals surface area contributed by atoms with Crippen molar-refractivity contribution in [2.24, 2.45) is 16.6 Å². The van der Waals surface area contributed by atoms with E-state index in [1.54, 1.807) is 18.2 Å². The summed E-state index contributed by atoms with van der Waals surface area (Å²) in [5.41, 5.74) is 6.03. The summed E-state index contributed by atoms with van der Waals surface area (Å²) in [6.07, 6.45) is 2.18. The van der Waals surface area contributed by atoms with Gasteiger partial charge in [-0.1, -0.05) is 19.1 Å². The minimum absolute atomic E-state index is 0.220. The van der Waals surface area contributed by atoms with Gasteiger partial charge in [-0.05, 0) is 37.8 Å². The highest BCUT2D eigenvalue weighted by molar-refractivity contribution is 5.78. The first kappa shape index (κ1) is 15.6. The van der Waals surface area contributed by atoms with E-state index in [1.807, 2.05) is 6.92 Å². The number of hydrogen-bond acceptors (Lipinski definition) is 2.